The number of piperazine rings is 1. The predicted octanol–water partition coefficient (Wildman–Crippen LogP) is 2.43. The molecule has 4 heteroatoms. The second-order valence-electron chi connectivity index (χ2n) is 5.46. The number of halogens is 1. The summed E-state index contributed by atoms with van der Waals surface area (Å²) < 4.78 is 1.10. The van der Waals surface area contributed by atoms with Gasteiger partial charge in [0.15, 0.2) is 0 Å². The van der Waals surface area contributed by atoms with Gasteiger partial charge in [0.2, 0.25) is 0 Å². The Morgan fingerprint density at radius 2 is 1.95 bits per heavy atom. The van der Waals surface area contributed by atoms with E-state index in [-0.39, 0.29) is 6.10 Å². The highest BCUT2D eigenvalue weighted by atomic mass is 79.9. The summed E-state index contributed by atoms with van der Waals surface area (Å²) in [5, 5.41) is 10.3. The fourth-order valence-corrected chi connectivity index (χ4v) is 2.66. The van der Waals surface area contributed by atoms with Crippen LogP contribution in [0.15, 0.2) is 22.7 Å². The number of benzene rings is 1. The van der Waals surface area contributed by atoms with Crippen molar-refractivity contribution in [2.75, 3.05) is 39.8 Å². The molecule has 1 aliphatic heterocycles. The number of aliphatic hydroxyl groups is 1. The minimum atomic E-state index is -0.355. The van der Waals surface area contributed by atoms with Crippen LogP contribution in [0.4, 0.5) is 0 Å². The molecule has 1 fully saturated rings. The third-order valence-corrected chi connectivity index (χ3v) is 4.77. The van der Waals surface area contributed by atoms with Gasteiger partial charge >= 0.3 is 0 Å². The van der Waals surface area contributed by atoms with Crippen molar-refractivity contribution in [3.05, 3.63) is 33.8 Å². The van der Waals surface area contributed by atoms with Crippen molar-refractivity contribution in [3.63, 3.8) is 0 Å². The Hall–Kier alpha value is -0.420. The van der Waals surface area contributed by atoms with Crippen molar-refractivity contribution in [3.8, 4) is 0 Å². The molecule has 0 spiro atoms. The normalized spacial score (nSPS) is 19.6. The molecule has 0 amide bonds. The average Bonchev–Trinajstić information content (AvgIpc) is 2.41. The molecular weight excluding hydrogens is 304 g/mol. The molecule has 1 saturated heterocycles. The van der Waals surface area contributed by atoms with Crippen molar-refractivity contribution < 1.29 is 5.11 Å². The van der Waals surface area contributed by atoms with Crippen LogP contribution >= 0.6 is 15.9 Å². The topological polar surface area (TPSA) is 26.7 Å². The Balaban J connectivity index is 1.83. The van der Waals surface area contributed by atoms with E-state index in [1.165, 1.54) is 5.56 Å². The highest BCUT2D eigenvalue weighted by Crippen LogP contribution is 2.23. The third kappa shape index (κ3) is 4.28. The number of nitrogens with zero attached hydrogens (tertiary/aromatic N) is 2. The van der Waals surface area contributed by atoms with E-state index in [1.807, 2.05) is 12.1 Å². The maximum absolute atomic E-state index is 10.3. The Kier molecular flexibility index (Phi) is 5.39. The van der Waals surface area contributed by atoms with Crippen LogP contribution in [-0.4, -0.2) is 54.7 Å². The molecule has 0 saturated carbocycles. The standard InChI is InChI=1S/C15H23BrN2O/c1-12-11-13(3-4-14(12)16)15(19)5-6-18-9-7-17(2)8-10-18/h3-4,11,15,19H,5-10H2,1-2H3. The van der Waals surface area contributed by atoms with Crippen molar-refractivity contribution in [1.82, 2.24) is 9.80 Å². The van der Waals surface area contributed by atoms with E-state index >= 15 is 0 Å². The molecule has 2 rings (SSSR count). The lowest BCUT2D eigenvalue weighted by atomic mass is 10.0. The van der Waals surface area contributed by atoms with Crippen molar-refractivity contribution >= 4 is 15.9 Å². The lowest BCUT2D eigenvalue weighted by Gasteiger charge is -2.32. The molecule has 1 aromatic rings. The van der Waals surface area contributed by atoms with Crippen LogP contribution in [0.3, 0.4) is 0 Å². The molecule has 106 valence electrons. The molecule has 0 radical (unpaired) electrons. The van der Waals surface area contributed by atoms with Gasteiger partial charge in [0, 0.05) is 37.2 Å². The van der Waals surface area contributed by atoms with Gasteiger partial charge in [0.05, 0.1) is 6.10 Å². The smallest absolute Gasteiger partial charge is 0.0802 e. The molecule has 1 heterocycles. The Bertz CT molecular complexity index is 417. The van der Waals surface area contributed by atoms with E-state index in [0.717, 1.165) is 49.2 Å². The summed E-state index contributed by atoms with van der Waals surface area (Å²) in [5.41, 5.74) is 2.20. The molecule has 0 aliphatic carbocycles. The first-order valence-corrected chi connectivity index (χ1v) is 7.70. The summed E-state index contributed by atoms with van der Waals surface area (Å²) in [6.45, 7) is 7.52. The SMILES string of the molecule is Cc1cc(C(O)CCN2CCN(C)CC2)ccc1Br. The van der Waals surface area contributed by atoms with Crippen LogP contribution < -0.4 is 0 Å². The largest absolute Gasteiger partial charge is 0.388 e. The van der Waals surface area contributed by atoms with E-state index in [0.29, 0.717) is 0 Å². The van der Waals surface area contributed by atoms with Gasteiger partial charge < -0.3 is 14.9 Å². The van der Waals surface area contributed by atoms with Crippen LogP contribution in [0.1, 0.15) is 23.7 Å². The first kappa shape index (κ1) is 15.0. The van der Waals surface area contributed by atoms with Crippen LogP contribution in [0.25, 0.3) is 0 Å². The average molecular weight is 327 g/mol. The van der Waals surface area contributed by atoms with Crippen LogP contribution in [0.2, 0.25) is 0 Å². The summed E-state index contributed by atoms with van der Waals surface area (Å²) in [6.07, 6.45) is 0.455. The molecule has 1 aliphatic rings. The number of aryl methyl sites for hydroxylation is 1. The van der Waals surface area contributed by atoms with Gasteiger partial charge in [-0.25, -0.2) is 0 Å². The molecule has 1 N–H and O–H groups in total. The van der Waals surface area contributed by atoms with E-state index < -0.39 is 0 Å². The number of likely N-dealkylation sites (N-methyl/N-ethyl adjacent to an activating group) is 1. The zero-order chi connectivity index (χ0) is 13.8. The van der Waals surface area contributed by atoms with Crippen molar-refractivity contribution in [1.29, 1.82) is 0 Å². The van der Waals surface area contributed by atoms with Crippen molar-refractivity contribution in [2.45, 2.75) is 19.4 Å². The lowest BCUT2D eigenvalue weighted by Crippen LogP contribution is -2.44. The zero-order valence-electron chi connectivity index (χ0n) is 11.8. The van der Waals surface area contributed by atoms with Crippen LogP contribution in [0, 0.1) is 6.92 Å². The van der Waals surface area contributed by atoms with E-state index in [9.17, 15) is 5.11 Å². The molecule has 0 aromatic heterocycles. The summed E-state index contributed by atoms with van der Waals surface area (Å²) in [6, 6.07) is 6.09. The van der Waals surface area contributed by atoms with E-state index in [2.05, 4.69) is 45.8 Å². The number of hydrogen-bond acceptors (Lipinski definition) is 3. The maximum Gasteiger partial charge on any atom is 0.0802 e. The first-order chi connectivity index (χ1) is 9.06. The fraction of sp³-hybridized carbons (Fsp3) is 0.600. The van der Waals surface area contributed by atoms with Gasteiger partial charge in [0.25, 0.3) is 0 Å². The number of rotatable bonds is 4. The van der Waals surface area contributed by atoms with Crippen molar-refractivity contribution in [2.24, 2.45) is 0 Å². The minimum absolute atomic E-state index is 0.355. The molecule has 1 aromatic carbocycles. The van der Waals surface area contributed by atoms with Gasteiger partial charge in [-0.1, -0.05) is 28.1 Å². The second-order valence-corrected chi connectivity index (χ2v) is 6.31. The number of aliphatic hydroxyl groups excluding tert-OH is 1. The minimum Gasteiger partial charge on any atom is -0.388 e. The van der Waals surface area contributed by atoms with E-state index in [4.69, 9.17) is 0 Å². The van der Waals surface area contributed by atoms with Crippen LogP contribution in [-0.2, 0) is 0 Å². The molecule has 0 bridgehead atoms. The quantitative estimate of drug-likeness (QED) is 0.920. The third-order valence-electron chi connectivity index (χ3n) is 3.88. The predicted molar refractivity (Wildman–Crippen MR) is 82.4 cm³/mol. The maximum atomic E-state index is 10.3. The Morgan fingerprint density at radius 1 is 1.26 bits per heavy atom. The molecule has 1 unspecified atom stereocenters. The summed E-state index contributed by atoms with van der Waals surface area (Å²) in [5.74, 6) is 0. The molecule has 1 atom stereocenters. The number of hydrogen-bond donors (Lipinski definition) is 1. The molecular formula is C15H23BrN2O. The summed E-state index contributed by atoms with van der Waals surface area (Å²) in [4.78, 5) is 4.79. The Morgan fingerprint density at radius 3 is 2.58 bits per heavy atom. The zero-order valence-corrected chi connectivity index (χ0v) is 13.4. The first-order valence-electron chi connectivity index (χ1n) is 6.91. The molecule has 3 nitrogen and oxygen atoms in total. The second kappa shape index (κ2) is 6.84. The monoisotopic (exact) mass is 326 g/mol. The summed E-state index contributed by atoms with van der Waals surface area (Å²) in [7, 11) is 2.16. The lowest BCUT2D eigenvalue weighted by molar-refractivity contribution is 0.113. The summed E-state index contributed by atoms with van der Waals surface area (Å²) >= 11 is 3.49. The van der Waals surface area contributed by atoms with Crippen LogP contribution in [0.5, 0.6) is 0 Å². The molecule has 19 heavy (non-hydrogen) atoms. The van der Waals surface area contributed by atoms with Gasteiger partial charge in [-0.2, -0.15) is 0 Å². The van der Waals surface area contributed by atoms with E-state index in [1.54, 1.807) is 0 Å². The fourth-order valence-electron chi connectivity index (χ4n) is 2.42. The van der Waals surface area contributed by atoms with Gasteiger partial charge in [-0.05, 0) is 37.6 Å². The van der Waals surface area contributed by atoms with Gasteiger partial charge in [-0.3, -0.25) is 0 Å². The Labute approximate surface area is 124 Å². The highest BCUT2D eigenvalue weighted by Gasteiger charge is 2.15. The highest BCUT2D eigenvalue weighted by molar-refractivity contribution is 9.10. The van der Waals surface area contributed by atoms with Gasteiger partial charge in [-0.15, -0.1) is 0 Å². The van der Waals surface area contributed by atoms with Gasteiger partial charge in [0.1, 0.15) is 0 Å².